The molecule has 0 aliphatic heterocycles. The van der Waals surface area contributed by atoms with Crippen LogP contribution in [-0.2, 0) is 19.1 Å². The van der Waals surface area contributed by atoms with Gasteiger partial charge in [0.25, 0.3) is 0 Å². The number of rotatable bonds is 8. The number of ether oxygens (including phenoxy) is 2. The fourth-order valence-corrected chi connectivity index (χ4v) is 3.10. The molecule has 1 unspecified atom stereocenters. The predicted octanol–water partition coefficient (Wildman–Crippen LogP) is 3.65. The molecule has 0 aromatic carbocycles. The van der Waals surface area contributed by atoms with Crippen LogP contribution < -0.4 is 0 Å². The summed E-state index contributed by atoms with van der Waals surface area (Å²) in [6, 6.07) is 0. The molecule has 0 spiro atoms. The van der Waals surface area contributed by atoms with Crippen LogP contribution in [0.25, 0.3) is 0 Å². The molecular formula is C17H28O4. The maximum Gasteiger partial charge on any atom is 0.327 e. The van der Waals surface area contributed by atoms with E-state index in [1.165, 1.54) is 5.57 Å². The summed E-state index contributed by atoms with van der Waals surface area (Å²) in [5.41, 5.74) is -0.0171. The van der Waals surface area contributed by atoms with Gasteiger partial charge in [-0.1, -0.05) is 38.3 Å². The van der Waals surface area contributed by atoms with Gasteiger partial charge in [0.15, 0.2) is 5.41 Å². The first-order valence-electron chi connectivity index (χ1n) is 8.11. The third kappa shape index (κ3) is 3.86. The highest BCUT2D eigenvalue weighted by Crippen LogP contribution is 2.45. The maximum atomic E-state index is 12.4. The third-order valence-corrected chi connectivity index (χ3v) is 3.98. The first-order chi connectivity index (χ1) is 10.1. The molecule has 0 fully saturated rings. The standard InChI is InChI=1S/C17H28O4/c1-5-9-13-11-17(15(18)20-7-3,16(19)21-8-4)12-14(13)10-6-2/h11,14H,5-10,12H2,1-4H3. The third-order valence-electron chi connectivity index (χ3n) is 3.98. The lowest BCUT2D eigenvalue weighted by atomic mass is 9.83. The Hall–Kier alpha value is -1.32. The fraction of sp³-hybridized carbons (Fsp3) is 0.765. The molecule has 1 aliphatic rings. The lowest BCUT2D eigenvalue weighted by molar-refractivity contribution is -0.168. The van der Waals surface area contributed by atoms with Gasteiger partial charge in [0.2, 0.25) is 0 Å². The topological polar surface area (TPSA) is 52.6 Å². The van der Waals surface area contributed by atoms with E-state index in [4.69, 9.17) is 9.47 Å². The van der Waals surface area contributed by atoms with Gasteiger partial charge in [-0.25, -0.2) is 0 Å². The second-order valence-electron chi connectivity index (χ2n) is 5.57. The first-order valence-corrected chi connectivity index (χ1v) is 8.11. The molecule has 0 N–H and O–H groups in total. The second kappa shape index (κ2) is 8.20. The Bertz CT molecular complexity index is 380. The normalized spacial score (nSPS) is 20.0. The van der Waals surface area contributed by atoms with Crippen LogP contribution in [0, 0.1) is 11.3 Å². The van der Waals surface area contributed by atoms with E-state index < -0.39 is 17.4 Å². The van der Waals surface area contributed by atoms with E-state index in [1.807, 2.05) is 6.08 Å². The molecule has 1 atom stereocenters. The first kappa shape index (κ1) is 17.7. The van der Waals surface area contributed by atoms with Crippen molar-refractivity contribution in [2.75, 3.05) is 13.2 Å². The van der Waals surface area contributed by atoms with Crippen LogP contribution in [0.4, 0.5) is 0 Å². The van der Waals surface area contributed by atoms with Gasteiger partial charge in [0, 0.05) is 0 Å². The van der Waals surface area contributed by atoms with E-state index in [9.17, 15) is 9.59 Å². The van der Waals surface area contributed by atoms with E-state index >= 15 is 0 Å². The van der Waals surface area contributed by atoms with Gasteiger partial charge in [-0.2, -0.15) is 0 Å². The number of hydrogen-bond donors (Lipinski definition) is 0. The molecule has 0 aromatic heterocycles. The molecule has 0 radical (unpaired) electrons. The van der Waals surface area contributed by atoms with E-state index in [0.29, 0.717) is 6.42 Å². The molecule has 4 nitrogen and oxygen atoms in total. The van der Waals surface area contributed by atoms with Crippen LogP contribution in [0.15, 0.2) is 11.6 Å². The summed E-state index contributed by atoms with van der Waals surface area (Å²) in [5.74, 6) is -0.643. The van der Waals surface area contributed by atoms with Crippen molar-refractivity contribution in [2.45, 2.75) is 59.8 Å². The van der Waals surface area contributed by atoms with E-state index in [0.717, 1.165) is 25.7 Å². The van der Waals surface area contributed by atoms with Crippen LogP contribution in [0.1, 0.15) is 59.8 Å². The van der Waals surface area contributed by atoms with Crippen molar-refractivity contribution in [3.63, 3.8) is 0 Å². The molecule has 0 saturated carbocycles. The summed E-state index contributed by atoms with van der Waals surface area (Å²) in [4.78, 5) is 24.8. The van der Waals surface area contributed by atoms with Gasteiger partial charge < -0.3 is 9.47 Å². The van der Waals surface area contributed by atoms with Crippen molar-refractivity contribution in [2.24, 2.45) is 11.3 Å². The number of hydrogen-bond acceptors (Lipinski definition) is 4. The Morgan fingerprint density at radius 3 is 2.10 bits per heavy atom. The summed E-state index contributed by atoms with van der Waals surface area (Å²) in [5, 5.41) is 0. The summed E-state index contributed by atoms with van der Waals surface area (Å²) < 4.78 is 10.3. The van der Waals surface area contributed by atoms with E-state index in [1.54, 1.807) is 13.8 Å². The van der Waals surface area contributed by atoms with Crippen LogP contribution in [0.5, 0.6) is 0 Å². The average molecular weight is 296 g/mol. The highest BCUT2D eigenvalue weighted by Gasteiger charge is 2.52. The van der Waals surface area contributed by atoms with Gasteiger partial charge in [0.05, 0.1) is 13.2 Å². The number of carbonyl (C=O) groups excluding carboxylic acids is 2. The van der Waals surface area contributed by atoms with Crippen LogP contribution >= 0.6 is 0 Å². The van der Waals surface area contributed by atoms with Crippen molar-refractivity contribution in [3.8, 4) is 0 Å². The molecule has 1 aliphatic carbocycles. The molecule has 0 heterocycles. The zero-order valence-corrected chi connectivity index (χ0v) is 13.7. The molecule has 1 rings (SSSR count). The van der Waals surface area contributed by atoms with Gasteiger partial charge >= 0.3 is 11.9 Å². The van der Waals surface area contributed by atoms with E-state index in [2.05, 4.69) is 13.8 Å². The molecule has 0 amide bonds. The van der Waals surface area contributed by atoms with Crippen LogP contribution in [-0.4, -0.2) is 25.2 Å². The van der Waals surface area contributed by atoms with Crippen molar-refractivity contribution < 1.29 is 19.1 Å². The highest BCUT2D eigenvalue weighted by atomic mass is 16.6. The Morgan fingerprint density at radius 2 is 1.67 bits per heavy atom. The quantitative estimate of drug-likeness (QED) is 0.390. The van der Waals surface area contributed by atoms with Crippen molar-refractivity contribution in [1.29, 1.82) is 0 Å². The minimum atomic E-state index is -1.23. The zero-order valence-electron chi connectivity index (χ0n) is 13.7. The minimum absolute atomic E-state index is 0.273. The number of esters is 2. The molecular weight excluding hydrogens is 268 g/mol. The SMILES string of the molecule is CCCC1=CC(C(=O)OCC)(C(=O)OCC)CC1CCC. The summed E-state index contributed by atoms with van der Waals surface area (Å²) in [6.45, 7) is 8.29. The summed E-state index contributed by atoms with van der Waals surface area (Å²) in [6.07, 6.45) is 6.29. The molecule has 0 bridgehead atoms. The number of carbonyl (C=O) groups is 2. The second-order valence-corrected chi connectivity index (χ2v) is 5.57. The van der Waals surface area contributed by atoms with Gasteiger partial charge in [-0.15, -0.1) is 0 Å². The molecule has 21 heavy (non-hydrogen) atoms. The summed E-state index contributed by atoms with van der Waals surface area (Å²) in [7, 11) is 0. The lowest BCUT2D eigenvalue weighted by Gasteiger charge is -2.24. The van der Waals surface area contributed by atoms with Crippen molar-refractivity contribution in [1.82, 2.24) is 0 Å². The van der Waals surface area contributed by atoms with Crippen LogP contribution in [0.2, 0.25) is 0 Å². The Balaban J connectivity index is 3.12. The number of allylic oxidation sites excluding steroid dienone is 1. The largest absolute Gasteiger partial charge is 0.465 e. The Morgan fingerprint density at radius 1 is 1.10 bits per heavy atom. The highest BCUT2D eigenvalue weighted by molar-refractivity contribution is 6.03. The monoisotopic (exact) mass is 296 g/mol. The maximum absolute atomic E-state index is 12.4. The van der Waals surface area contributed by atoms with Crippen LogP contribution in [0.3, 0.4) is 0 Å². The molecule has 0 saturated heterocycles. The molecule has 4 heteroatoms. The lowest BCUT2D eigenvalue weighted by Crippen LogP contribution is -2.39. The summed E-state index contributed by atoms with van der Waals surface area (Å²) >= 11 is 0. The van der Waals surface area contributed by atoms with Gasteiger partial charge in [-0.3, -0.25) is 9.59 Å². The molecule has 0 aromatic rings. The van der Waals surface area contributed by atoms with E-state index in [-0.39, 0.29) is 19.1 Å². The van der Waals surface area contributed by atoms with Gasteiger partial charge in [-0.05, 0) is 39.0 Å². The Labute approximate surface area is 127 Å². The zero-order chi connectivity index (χ0) is 15.9. The Kier molecular flexibility index (Phi) is 6.93. The average Bonchev–Trinajstić information content (AvgIpc) is 2.81. The predicted molar refractivity (Wildman–Crippen MR) is 81.7 cm³/mol. The fourth-order valence-electron chi connectivity index (χ4n) is 3.10. The van der Waals surface area contributed by atoms with Gasteiger partial charge in [0.1, 0.15) is 0 Å². The molecule has 120 valence electrons. The van der Waals surface area contributed by atoms with Crippen molar-refractivity contribution >= 4 is 11.9 Å². The minimum Gasteiger partial charge on any atom is -0.465 e. The smallest absolute Gasteiger partial charge is 0.327 e. The van der Waals surface area contributed by atoms with Crippen molar-refractivity contribution in [3.05, 3.63) is 11.6 Å².